The molecule has 2 heterocycles. The average Bonchev–Trinajstić information content (AvgIpc) is 2.19. The maximum atomic E-state index is 5.07. The molecule has 2 rings (SSSR count). The number of rotatable bonds is 1. The molecule has 0 radical (unpaired) electrons. The van der Waals surface area contributed by atoms with Gasteiger partial charge in [-0.05, 0) is 34.5 Å². The van der Waals surface area contributed by atoms with Gasteiger partial charge in [-0.1, -0.05) is 0 Å². The minimum absolute atomic E-state index is 0.570. The molecular formula is C8H10BrN3O. The highest BCUT2D eigenvalue weighted by Gasteiger charge is 2.17. The Balaban J connectivity index is 2.48. The third-order valence-corrected chi connectivity index (χ3v) is 2.92. The molecule has 1 N–H and O–H groups in total. The third-order valence-electron chi connectivity index (χ3n) is 2.10. The number of ether oxygens (including phenoxy) is 1. The highest BCUT2D eigenvalue weighted by atomic mass is 79.9. The number of halogens is 1. The Hall–Kier alpha value is -0.680. The number of nitrogens with one attached hydrogen (secondary N) is 1. The lowest BCUT2D eigenvalue weighted by Gasteiger charge is -2.17. The van der Waals surface area contributed by atoms with Crippen LogP contribution in [0.3, 0.4) is 0 Å². The van der Waals surface area contributed by atoms with Gasteiger partial charge in [-0.3, -0.25) is 0 Å². The van der Waals surface area contributed by atoms with E-state index in [1.165, 1.54) is 5.56 Å². The third kappa shape index (κ3) is 1.53. The summed E-state index contributed by atoms with van der Waals surface area (Å²) in [5, 5.41) is 11.3. The van der Waals surface area contributed by atoms with E-state index < -0.39 is 0 Å². The predicted molar refractivity (Wildman–Crippen MR) is 51.7 cm³/mol. The summed E-state index contributed by atoms with van der Waals surface area (Å²) in [5.41, 5.74) is 2.23. The molecule has 0 spiro atoms. The lowest BCUT2D eigenvalue weighted by Crippen LogP contribution is -2.25. The molecule has 0 unspecified atom stereocenters. The van der Waals surface area contributed by atoms with Crippen LogP contribution in [0.2, 0.25) is 0 Å². The van der Waals surface area contributed by atoms with Crippen molar-refractivity contribution in [3.05, 3.63) is 15.7 Å². The van der Waals surface area contributed by atoms with Crippen LogP contribution < -0.4 is 10.1 Å². The monoisotopic (exact) mass is 243 g/mol. The van der Waals surface area contributed by atoms with Crippen LogP contribution in [0.4, 0.5) is 0 Å². The zero-order chi connectivity index (χ0) is 9.26. The Morgan fingerprint density at radius 1 is 1.46 bits per heavy atom. The minimum Gasteiger partial charge on any atom is -0.479 e. The van der Waals surface area contributed by atoms with Gasteiger partial charge in [-0.25, -0.2) is 0 Å². The molecule has 1 aliphatic rings. The molecule has 1 aliphatic heterocycles. The van der Waals surface area contributed by atoms with Crippen molar-refractivity contribution in [2.24, 2.45) is 0 Å². The van der Waals surface area contributed by atoms with Gasteiger partial charge in [0.25, 0.3) is 0 Å². The van der Waals surface area contributed by atoms with Gasteiger partial charge in [0.15, 0.2) is 0 Å². The van der Waals surface area contributed by atoms with Crippen LogP contribution in [0.5, 0.6) is 5.88 Å². The average molecular weight is 244 g/mol. The molecule has 70 valence electrons. The lowest BCUT2D eigenvalue weighted by atomic mass is 10.1. The van der Waals surface area contributed by atoms with Crippen molar-refractivity contribution in [2.75, 3.05) is 13.7 Å². The van der Waals surface area contributed by atoms with E-state index in [2.05, 4.69) is 31.4 Å². The van der Waals surface area contributed by atoms with E-state index in [0.717, 1.165) is 29.7 Å². The molecule has 1 aromatic rings. The Bertz CT molecular complexity index is 329. The summed E-state index contributed by atoms with van der Waals surface area (Å²) in [6.07, 6.45) is 0.974. The molecule has 5 heteroatoms. The highest BCUT2D eigenvalue weighted by molar-refractivity contribution is 9.10. The first-order chi connectivity index (χ1) is 6.33. The number of hydrogen-bond donors (Lipinski definition) is 1. The van der Waals surface area contributed by atoms with Gasteiger partial charge in [0.1, 0.15) is 0 Å². The quantitative estimate of drug-likeness (QED) is 0.797. The predicted octanol–water partition coefficient (Wildman–Crippen LogP) is 0.893. The molecule has 0 fully saturated rings. The molecule has 0 atom stereocenters. The van der Waals surface area contributed by atoms with Gasteiger partial charge in [-0.2, -0.15) is 5.10 Å². The van der Waals surface area contributed by atoms with E-state index >= 15 is 0 Å². The summed E-state index contributed by atoms with van der Waals surface area (Å²) in [6.45, 7) is 1.78. The van der Waals surface area contributed by atoms with E-state index in [-0.39, 0.29) is 0 Å². The van der Waals surface area contributed by atoms with E-state index in [4.69, 9.17) is 4.74 Å². The SMILES string of the molecule is COc1nnc2c(c1Br)CCNC2. The van der Waals surface area contributed by atoms with Gasteiger partial charge in [-0.15, -0.1) is 5.10 Å². The van der Waals surface area contributed by atoms with Crippen LogP contribution in [0.1, 0.15) is 11.3 Å². The second kappa shape index (κ2) is 3.59. The van der Waals surface area contributed by atoms with E-state index in [1.54, 1.807) is 7.11 Å². The summed E-state index contributed by atoms with van der Waals surface area (Å²) < 4.78 is 6.02. The minimum atomic E-state index is 0.570. The summed E-state index contributed by atoms with van der Waals surface area (Å²) in [5.74, 6) is 0.570. The number of hydrogen-bond acceptors (Lipinski definition) is 4. The normalized spacial score (nSPS) is 15.2. The molecule has 0 bridgehead atoms. The fourth-order valence-electron chi connectivity index (χ4n) is 1.41. The highest BCUT2D eigenvalue weighted by Crippen LogP contribution is 2.28. The zero-order valence-corrected chi connectivity index (χ0v) is 8.89. The first-order valence-electron chi connectivity index (χ1n) is 4.11. The van der Waals surface area contributed by atoms with Gasteiger partial charge < -0.3 is 10.1 Å². The van der Waals surface area contributed by atoms with Crippen molar-refractivity contribution in [3.8, 4) is 5.88 Å². The largest absolute Gasteiger partial charge is 0.479 e. The summed E-state index contributed by atoms with van der Waals surface area (Å²) in [6, 6.07) is 0. The number of fused-ring (bicyclic) bond motifs is 1. The van der Waals surface area contributed by atoms with Crippen molar-refractivity contribution in [1.29, 1.82) is 0 Å². The molecule has 4 nitrogen and oxygen atoms in total. The van der Waals surface area contributed by atoms with Crippen LogP contribution in [0.25, 0.3) is 0 Å². The van der Waals surface area contributed by atoms with Crippen LogP contribution in [-0.2, 0) is 13.0 Å². The number of aromatic nitrogens is 2. The zero-order valence-electron chi connectivity index (χ0n) is 7.30. The Labute approximate surface area is 84.8 Å². The van der Waals surface area contributed by atoms with Crippen LogP contribution in [0.15, 0.2) is 4.47 Å². The summed E-state index contributed by atoms with van der Waals surface area (Å²) >= 11 is 3.47. The Kier molecular flexibility index (Phi) is 2.46. The second-order valence-corrected chi connectivity index (χ2v) is 3.67. The molecule has 13 heavy (non-hydrogen) atoms. The van der Waals surface area contributed by atoms with Crippen LogP contribution in [-0.4, -0.2) is 23.9 Å². The molecule has 0 aromatic carbocycles. The molecule has 0 saturated carbocycles. The molecule has 0 aliphatic carbocycles. The van der Waals surface area contributed by atoms with Gasteiger partial charge in [0.2, 0.25) is 5.88 Å². The number of nitrogens with zero attached hydrogens (tertiary/aromatic N) is 2. The summed E-state index contributed by atoms with van der Waals surface area (Å²) in [7, 11) is 1.60. The van der Waals surface area contributed by atoms with Crippen LogP contribution in [0, 0.1) is 0 Å². The van der Waals surface area contributed by atoms with Crippen LogP contribution >= 0.6 is 15.9 Å². The maximum absolute atomic E-state index is 5.07. The lowest BCUT2D eigenvalue weighted by molar-refractivity contribution is 0.385. The van der Waals surface area contributed by atoms with Crippen molar-refractivity contribution in [1.82, 2.24) is 15.5 Å². The number of methoxy groups -OCH3 is 1. The van der Waals surface area contributed by atoms with Gasteiger partial charge in [0, 0.05) is 6.54 Å². The fraction of sp³-hybridized carbons (Fsp3) is 0.500. The smallest absolute Gasteiger partial charge is 0.247 e. The topological polar surface area (TPSA) is 47.0 Å². The van der Waals surface area contributed by atoms with Crippen molar-refractivity contribution < 1.29 is 4.74 Å². The van der Waals surface area contributed by atoms with E-state index in [0.29, 0.717) is 5.88 Å². The van der Waals surface area contributed by atoms with Crippen molar-refractivity contribution >= 4 is 15.9 Å². The molecule has 1 aromatic heterocycles. The summed E-state index contributed by atoms with van der Waals surface area (Å²) in [4.78, 5) is 0. The second-order valence-electron chi connectivity index (χ2n) is 2.88. The fourth-order valence-corrected chi connectivity index (χ4v) is 2.08. The van der Waals surface area contributed by atoms with E-state index in [1.807, 2.05) is 0 Å². The first kappa shape index (κ1) is 8.90. The van der Waals surface area contributed by atoms with Crippen molar-refractivity contribution in [3.63, 3.8) is 0 Å². The first-order valence-corrected chi connectivity index (χ1v) is 4.91. The molecule has 0 amide bonds. The van der Waals surface area contributed by atoms with Crippen molar-refractivity contribution in [2.45, 2.75) is 13.0 Å². The maximum Gasteiger partial charge on any atom is 0.247 e. The Morgan fingerprint density at radius 2 is 2.31 bits per heavy atom. The van der Waals surface area contributed by atoms with Gasteiger partial charge in [0.05, 0.1) is 17.3 Å². The van der Waals surface area contributed by atoms with Gasteiger partial charge >= 0.3 is 0 Å². The standard InChI is InChI=1S/C8H10BrN3O/c1-13-8-7(9)5-2-3-10-4-6(5)11-12-8/h10H,2-4H2,1H3. The molecule has 0 saturated heterocycles. The Morgan fingerprint density at radius 3 is 3.08 bits per heavy atom. The van der Waals surface area contributed by atoms with E-state index in [9.17, 15) is 0 Å². The molecular weight excluding hydrogens is 234 g/mol.